The van der Waals surface area contributed by atoms with Crippen LogP contribution in [0.4, 0.5) is 5.69 Å². The third-order valence-electron chi connectivity index (χ3n) is 5.36. The predicted molar refractivity (Wildman–Crippen MR) is 116 cm³/mol. The smallest absolute Gasteiger partial charge is 0.255 e. The summed E-state index contributed by atoms with van der Waals surface area (Å²) < 4.78 is 27.8. The van der Waals surface area contributed by atoms with Crippen LogP contribution in [0.1, 0.15) is 41.3 Å². The minimum atomic E-state index is -3.64. The zero-order chi connectivity index (χ0) is 21.2. The minimum absolute atomic E-state index is 0.201. The first-order valence-corrected chi connectivity index (χ1v) is 11.3. The zero-order valence-electron chi connectivity index (χ0n) is 17.5. The Kier molecular flexibility index (Phi) is 6.41. The van der Waals surface area contributed by atoms with Gasteiger partial charge in [0.2, 0.25) is 10.0 Å². The van der Waals surface area contributed by atoms with E-state index in [2.05, 4.69) is 24.1 Å². The number of sulfonamides is 1. The molecule has 0 radical (unpaired) electrons. The molecular weight excluding hydrogens is 386 g/mol. The van der Waals surface area contributed by atoms with E-state index < -0.39 is 10.0 Å². The first kappa shape index (κ1) is 21.5. The fourth-order valence-electron chi connectivity index (χ4n) is 3.50. The molecular formula is C22H29N3O3S. The summed E-state index contributed by atoms with van der Waals surface area (Å²) >= 11 is 0. The molecule has 0 aliphatic carbocycles. The second-order valence-corrected chi connectivity index (χ2v) is 9.79. The molecule has 29 heavy (non-hydrogen) atoms. The van der Waals surface area contributed by atoms with Gasteiger partial charge in [0.05, 0.1) is 4.90 Å². The Morgan fingerprint density at radius 1 is 1.03 bits per heavy atom. The van der Waals surface area contributed by atoms with Crippen LogP contribution in [-0.2, 0) is 10.0 Å². The molecule has 2 aromatic rings. The summed E-state index contributed by atoms with van der Waals surface area (Å²) in [6.45, 7) is 8.20. The number of hydrogen-bond acceptors (Lipinski definition) is 4. The van der Waals surface area contributed by atoms with Crippen LogP contribution >= 0.6 is 0 Å². The van der Waals surface area contributed by atoms with Crippen LogP contribution in [-0.4, -0.2) is 56.8 Å². The summed E-state index contributed by atoms with van der Waals surface area (Å²) in [5, 5.41) is 2.94. The van der Waals surface area contributed by atoms with E-state index >= 15 is 0 Å². The monoisotopic (exact) mass is 415 g/mol. The van der Waals surface area contributed by atoms with Crippen LogP contribution in [0.5, 0.6) is 0 Å². The van der Waals surface area contributed by atoms with Crippen molar-refractivity contribution in [1.29, 1.82) is 0 Å². The number of hydrogen-bond donors (Lipinski definition) is 1. The summed E-state index contributed by atoms with van der Waals surface area (Å²) in [5.41, 5.74) is 2.76. The molecule has 7 heteroatoms. The van der Waals surface area contributed by atoms with E-state index in [0.717, 1.165) is 11.3 Å². The highest BCUT2D eigenvalue weighted by atomic mass is 32.2. The Balaban J connectivity index is 1.88. The normalized spacial score (nSPS) is 16.2. The van der Waals surface area contributed by atoms with Gasteiger partial charge in [-0.25, -0.2) is 8.42 Å². The topological polar surface area (TPSA) is 69.7 Å². The lowest BCUT2D eigenvalue weighted by molar-refractivity contribution is 0.102. The van der Waals surface area contributed by atoms with Crippen LogP contribution < -0.4 is 5.32 Å². The third kappa shape index (κ3) is 4.69. The number of nitrogens with zero attached hydrogens (tertiary/aromatic N) is 2. The first-order valence-electron chi connectivity index (χ1n) is 9.90. The summed E-state index contributed by atoms with van der Waals surface area (Å²) in [4.78, 5) is 15.2. The Labute approximate surface area is 173 Å². The molecule has 3 rings (SSSR count). The molecule has 156 valence electrons. The van der Waals surface area contributed by atoms with Gasteiger partial charge < -0.3 is 10.2 Å². The van der Waals surface area contributed by atoms with Crippen LogP contribution in [0.2, 0.25) is 0 Å². The maximum atomic E-state index is 13.2. The van der Waals surface area contributed by atoms with Crippen molar-refractivity contribution in [3.05, 3.63) is 59.2 Å². The van der Waals surface area contributed by atoms with Gasteiger partial charge in [-0.3, -0.25) is 4.79 Å². The number of aryl methyl sites for hydroxylation is 1. The number of carbonyl (C=O) groups is 1. The van der Waals surface area contributed by atoms with Crippen LogP contribution in [0.15, 0.2) is 47.4 Å². The van der Waals surface area contributed by atoms with Crippen molar-refractivity contribution in [1.82, 2.24) is 9.21 Å². The predicted octanol–water partition coefficient (Wildman–Crippen LogP) is 3.31. The van der Waals surface area contributed by atoms with Gasteiger partial charge in [0.25, 0.3) is 5.91 Å². The van der Waals surface area contributed by atoms with Gasteiger partial charge in [-0.1, -0.05) is 38.1 Å². The van der Waals surface area contributed by atoms with E-state index in [1.807, 2.05) is 31.3 Å². The van der Waals surface area contributed by atoms with Crippen molar-refractivity contribution in [2.45, 2.75) is 31.6 Å². The van der Waals surface area contributed by atoms with Crippen molar-refractivity contribution < 1.29 is 13.2 Å². The molecule has 1 saturated heterocycles. The Morgan fingerprint density at radius 2 is 1.69 bits per heavy atom. The van der Waals surface area contributed by atoms with Gasteiger partial charge >= 0.3 is 0 Å². The molecule has 0 saturated carbocycles. The average Bonchev–Trinajstić information content (AvgIpc) is 2.68. The van der Waals surface area contributed by atoms with E-state index in [0.29, 0.717) is 37.3 Å². The van der Waals surface area contributed by atoms with Crippen molar-refractivity contribution in [3.63, 3.8) is 0 Å². The molecule has 0 spiro atoms. The summed E-state index contributed by atoms with van der Waals surface area (Å²) in [6.07, 6.45) is 0. The Hall–Kier alpha value is -2.22. The fourth-order valence-corrected chi connectivity index (χ4v) is 5.17. The number of amides is 1. The molecule has 0 bridgehead atoms. The molecule has 1 amide bonds. The number of carbonyl (C=O) groups excluding carboxylic acids is 1. The van der Waals surface area contributed by atoms with E-state index in [1.165, 1.54) is 10.4 Å². The van der Waals surface area contributed by atoms with Crippen LogP contribution in [0.3, 0.4) is 0 Å². The molecule has 1 N–H and O–H groups in total. The number of anilines is 1. The van der Waals surface area contributed by atoms with E-state index in [4.69, 9.17) is 0 Å². The number of likely N-dealkylation sites (N-methyl/N-ethyl adjacent to an activating group) is 1. The van der Waals surface area contributed by atoms with Gasteiger partial charge in [-0.15, -0.1) is 0 Å². The molecule has 1 aliphatic rings. The second kappa shape index (κ2) is 8.65. The standard InChI is InChI=1S/C22H29N3O3S/c1-16(2)19-7-5-6-8-20(19)23-22(26)18-10-9-17(3)21(15-18)29(27,28)25-13-11-24(4)12-14-25/h5-10,15-16H,11-14H2,1-4H3,(H,23,26). The van der Waals surface area contributed by atoms with Crippen LogP contribution in [0, 0.1) is 6.92 Å². The van der Waals surface area contributed by atoms with E-state index in [1.54, 1.807) is 19.1 Å². The highest BCUT2D eigenvalue weighted by Crippen LogP contribution is 2.26. The number of para-hydroxylation sites is 1. The Morgan fingerprint density at radius 3 is 2.34 bits per heavy atom. The number of benzene rings is 2. The maximum absolute atomic E-state index is 13.2. The number of rotatable bonds is 5. The molecule has 1 fully saturated rings. The molecule has 0 unspecified atom stereocenters. The quantitative estimate of drug-likeness (QED) is 0.813. The number of nitrogens with one attached hydrogen (secondary N) is 1. The molecule has 2 aromatic carbocycles. The molecule has 1 aliphatic heterocycles. The summed E-state index contributed by atoms with van der Waals surface area (Å²) in [6, 6.07) is 12.5. The molecule has 6 nitrogen and oxygen atoms in total. The lowest BCUT2D eigenvalue weighted by atomic mass is 10.0. The third-order valence-corrected chi connectivity index (χ3v) is 7.40. The van der Waals surface area contributed by atoms with Crippen molar-refractivity contribution >= 4 is 21.6 Å². The SMILES string of the molecule is Cc1ccc(C(=O)Nc2ccccc2C(C)C)cc1S(=O)(=O)N1CCN(C)CC1. The summed E-state index contributed by atoms with van der Waals surface area (Å²) in [7, 11) is -1.66. The van der Waals surface area contributed by atoms with E-state index in [-0.39, 0.29) is 16.7 Å². The lowest BCUT2D eigenvalue weighted by Crippen LogP contribution is -2.47. The van der Waals surface area contributed by atoms with Crippen molar-refractivity contribution in [2.75, 3.05) is 38.5 Å². The second-order valence-electron chi connectivity index (χ2n) is 7.88. The average molecular weight is 416 g/mol. The Bertz CT molecular complexity index is 994. The van der Waals surface area contributed by atoms with Gasteiger partial charge in [0.1, 0.15) is 0 Å². The molecule has 0 atom stereocenters. The van der Waals surface area contributed by atoms with Crippen LogP contribution in [0.25, 0.3) is 0 Å². The molecule has 0 aromatic heterocycles. The van der Waals surface area contributed by atoms with E-state index in [9.17, 15) is 13.2 Å². The minimum Gasteiger partial charge on any atom is -0.322 e. The van der Waals surface area contributed by atoms with Crippen molar-refractivity contribution in [3.8, 4) is 0 Å². The molecule has 1 heterocycles. The van der Waals surface area contributed by atoms with Gasteiger partial charge in [-0.2, -0.15) is 4.31 Å². The first-order chi connectivity index (χ1) is 13.7. The highest BCUT2D eigenvalue weighted by Gasteiger charge is 2.29. The zero-order valence-corrected chi connectivity index (χ0v) is 18.3. The largest absolute Gasteiger partial charge is 0.322 e. The maximum Gasteiger partial charge on any atom is 0.255 e. The fraction of sp³-hybridized carbons (Fsp3) is 0.409. The number of piperazine rings is 1. The van der Waals surface area contributed by atoms with Gasteiger partial charge in [0.15, 0.2) is 0 Å². The van der Waals surface area contributed by atoms with Crippen molar-refractivity contribution in [2.24, 2.45) is 0 Å². The van der Waals surface area contributed by atoms with Gasteiger partial charge in [0, 0.05) is 37.4 Å². The highest BCUT2D eigenvalue weighted by molar-refractivity contribution is 7.89. The lowest BCUT2D eigenvalue weighted by Gasteiger charge is -2.32. The van der Waals surface area contributed by atoms with Gasteiger partial charge in [-0.05, 0) is 49.2 Å². The summed E-state index contributed by atoms with van der Waals surface area (Å²) in [5.74, 6) is -0.0504.